The summed E-state index contributed by atoms with van der Waals surface area (Å²) >= 11 is 3.84. The molecule has 19 heavy (non-hydrogen) atoms. The number of rotatable bonds is 2. The molecule has 0 bridgehead atoms. The van der Waals surface area contributed by atoms with E-state index in [0.29, 0.717) is 21.6 Å². The van der Waals surface area contributed by atoms with E-state index in [1.54, 1.807) is 11.1 Å². The summed E-state index contributed by atoms with van der Waals surface area (Å²) in [5.41, 5.74) is 5.18. The van der Waals surface area contributed by atoms with Crippen molar-refractivity contribution >= 4 is 15.9 Å². The predicted octanol–water partition coefficient (Wildman–Crippen LogP) is 6.13. The second-order valence-corrected chi connectivity index (χ2v) is 8.71. The average molecular weight is 323 g/mol. The normalized spacial score (nSPS) is 22.1. The van der Waals surface area contributed by atoms with Gasteiger partial charge in [-0.2, -0.15) is 0 Å². The Kier molecular flexibility index (Phi) is 3.90. The van der Waals surface area contributed by atoms with E-state index in [0.717, 1.165) is 0 Å². The van der Waals surface area contributed by atoms with Gasteiger partial charge in [-0.1, -0.05) is 75.7 Å². The zero-order valence-corrected chi connectivity index (χ0v) is 14.8. The van der Waals surface area contributed by atoms with Crippen LogP contribution in [0.1, 0.15) is 75.9 Å². The van der Waals surface area contributed by atoms with Crippen LogP contribution >= 0.6 is 15.9 Å². The Bertz CT molecular complexity index is 469. The van der Waals surface area contributed by atoms with Crippen LogP contribution in [0.15, 0.2) is 18.2 Å². The molecule has 0 heterocycles. The van der Waals surface area contributed by atoms with E-state index in [4.69, 9.17) is 0 Å². The van der Waals surface area contributed by atoms with Crippen molar-refractivity contribution in [3.63, 3.8) is 0 Å². The van der Waals surface area contributed by atoms with Crippen LogP contribution in [0, 0.1) is 5.92 Å². The Hall–Kier alpha value is -0.300. The summed E-state index contributed by atoms with van der Waals surface area (Å²) in [5.74, 6) is 0.623. The van der Waals surface area contributed by atoms with Gasteiger partial charge in [0.05, 0.1) is 0 Å². The third kappa shape index (κ3) is 2.77. The Morgan fingerprint density at radius 1 is 0.947 bits per heavy atom. The summed E-state index contributed by atoms with van der Waals surface area (Å²) < 4.78 is 0. The monoisotopic (exact) mass is 322 g/mol. The molecular formula is C18H27Br. The van der Waals surface area contributed by atoms with Crippen molar-refractivity contribution in [3.05, 3.63) is 34.9 Å². The van der Waals surface area contributed by atoms with E-state index in [1.807, 2.05) is 0 Å². The number of fused-ring (bicyclic) bond motifs is 1. The Morgan fingerprint density at radius 2 is 1.47 bits per heavy atom. The molecular weight excluding hydrogens is 296 g/mol. The molecule has 0 saturated carbocycles. The van der Waals surface area contributed by atoms with Crippen molar-refractivity contribution in [2.75, 3.05) is 0 Å². The first kappa shape index (κ1) is 15.1. The summed E-state index contributed by atoms with van der Waals surface area (Å²) in [6.07, 6.45) is 2.57. The maximum Gasteiger partial charge on any atom is 0.0418 e. The lowest BCUT2D eigenvalue weighted by Crippen LogP contribution is -2.34. The molecule has 0 saturated heterocycles. The van der Waals surface area contributed by atoms with E-state index >= 15 is 0 Å². The highest BCUT2D eigenvalue weighted by molar-refractivity contribution is 9.09. The molecule has 2 rings (SSSR count). The molecule has 0 aliphatic heterocycles. The number of alkyl halides is 1. The smallest absolute Gasteiger partial charge is 0.0418 e. The number of hydrogen-bond donors (Lipinski definition) is 0. The molecule has 0 amide bonds. The molecule has 1 atom stereocenters. The maximum absolute atomic E-state index is 3.84. The molecule has 1 heteroatoms. The standard InChI is InChI=1S/C18H27Br/c1-12(2)16(19)13-7-8-14-15(11-13)18(5,6)10-9-17(14,3)4/h7-8,11-12,16H,9-10H2,1-6H3. The van der Waals surface area contributed by atoms with Crippen LogP contribution in [-0.4, -0.2) is 0 Å². The summed E-state index contributed by atoms with van der Waals surface area (Å²) in [7, 11) is 0. The second kappa shape index (κ2) is 4.91. The van der Waals surface area contributed by atoms with Crippen molar-refractivity contribution in [2.45, 2.75) is 70.0 Å². The zero-order chi connectivity index (χ0) is 14.4. The second-order valence-electron chi connectivity index (χ2n) is 7.72. The molecule has 0 nitrogen and oxygen atoms in total. The quantitative estimate of drug-likeness (QED) is 0.575. The van der Waals surface area contributed by atoms with E-state index in [1.165, 1.54) is 18.4 Å². The third-order valence-electron chi connectivity index (χ3n) is 4.78. The molecule has 1 aliphatic carbocycles. The van der Waals surface area contributed by atoms with Gasteiger partial charge >= 0.3 is 0 Å². The predicted molar refractivity (Wildman–Crippen MR) is 88.2 cm³/mol. The van der Waals surface area contributed by atoms with Gasteiger partial charge in [0.1, 0.15) is 0 Å². The Morgan fingerprint density at radius 3 is 2.00 bits per heavy atom. The topological polar surface area (TPSA) is 0 Å². The fourth-order valence-electron chi connectivity index (χ4n) is 3.16. The first-order valence-corrected chi connectivity index (χ1v) is 8.36. The molecule has 1 aromatic carbocycles. The molecule has 0 N–H and O–H groups in total. The van der Waals surface area contributed by atoms with Gasteiger partial charge < -0.3 is 0 Å². The van der Waals surface area contributed by atoms with Crippen molar-refractivity contribution in [1.29, 1.82) is 0 Å². The first-order valence-electron chi connectivity index (χ1n) is 7.44. The lowest BCUT2D eigenvalue weighted by molar-refractivity contribution is 0.331. The molecule has 1 aromatic rings. The molecule has 0 spiro atoms. The van der Waals surface area contributed by atoms with Crippen molar-refractivity contribution in [1.82, 2.24) is 0 Å². The van der Waals surface area contributed by atoms with Gasteiger partial charge in [-0.25, -0.2) is 0 Å². The van der Waals surface area contributed by atoms with Gasteiger partial charge in [0, 0.05) is 4.83 Å². The van der Waals surface area contributed by atoms with Gasteiger partial charge in [-0.15, -0.1) is 0 Å². The van der Waals surface area contributed by atoms with Crippen LogP contribution < -0.4 is 0 Å². The largest absolute Gasteiger partial charge is 0.0836 e. The van der Waals surface area contributed by atoms with Gasteiger partial charge in [-0.05, 0) is 46.3 Å². The fraction of sp³-hybridized carbons (Fsp3) is 0.667. The summed E-state index contributed by atoms with van der Waals surface area (Å²) in [6.45, 7) is 14.1. The number of benzene rings is 1. The van der Waals surface area contributed by atoms with Gasteiger partial charge in [0.15, 0.2) is 0 Å². The van der Waals surface area contributed by atoms with Crippen LogP contribution in [0.5, 0.6) is 0 Å². The molecule has 1 aliphatic rings. The van der Waals surface area contributed by atoms with Crippen LogP contribution in [0.4, 0.5) is 0 Å². The summed E-state index contributed by atoms with van der Waals surface area (Å²) in [5, 5.41) is 0. The Labute approximate surface area is 127 Å². The molecule has 1 unspecified atom stereocenters. The molecule has 0 fully saturated rings. The molecule has 0 radical (unpaired) electrons. The molecule has 106 valence electrons. The lowest BCUT2D eigenvalue weighted by Gasteiger charge is -2.42. The van der Waals surface area contributed by atoms with Crippen LogP contribution in [0.25, 0.3) is 0 Å². The summed E-state index contributed by atoms with van der Waals surface area (Å²) in [4.78, 5) is 0.457. The van der Waals surface area contributed by atoms with E-state index in [-0.39, 0.29) is 0 Å². The number of halogens is 1. The minimum atomic E-state index is 0.310. The van der Waals surface area contributed by atoms with Gasteiger partial charge in [0.2, 0.25) is 0 Å². The first-order chi connectivity index (χ1) is 8.65. The highest BCUT2D eigenvalue weighted by Gasteiger charge is 2.37. The Balaban J connectivity index is 2.53. The molecule has 0 aromatic heterocycles. The maximum atomic E-state index is 3.84. The fourth-order valence-corrected chi connectivity index (χ4v) is 3.45. The van der Waals surface area contributed by atoms with Gasteiger partial charge in [-0.3, -0.25) is 0 Å². The van der Waals surface area contributed by atoms with E-state index in [9.17, 15) is 0 Å². The van der Waals surface area contributed by atoms with Crippen molar-refractivity contribution < 1.29 is 0 Å². The lowest BCUT2D eigenvalue weighted by atomic mass is 9.63. The highest BCUT2D eigenvalue weighted by Crippen LogP contribution is 2.47. The van der Waals surface area contributed by atoms with Crippen molar-refractivity contribution in [3.8, 4) is 0 Å². The summed E-state index contributed by atoms with van der Waals surface area (Å²) in [6, 6.07) is 7.15. The van der Waals surface area contributed by atoms with Crippen molar-refractivity contribution in [2.24, 2.45) is 5.92 Å². The third-order valence-corrected chi connectivity index (χ3v) is 6.37. The zero-order valence-electron chi connectivity index (χ0n) is 13.2. The van der Waals surface area contributed by atoms with E-state index in [2.05, 4.69) is 75.7 Å². The number of hydrogen-bond acceptors (Lipinski definition) is 0. The highest BCUT2D eigenvalue weighted by atomic mass is 79.9. The minimum absolute atomic E-state index is 0.310. The van der Waals surface area contributed by atoms with Crippen LogP contribution in [0.3, 0.4) is 0 Å². The van der Waals surface area contributed by atoms with E-state index < -0.39 is 0 Å². The van der Waals surface area contributed by atoms with Crippen LogP contribution in [0.2, 0.25) is 0 Å². The van der Waals surface area contributed by atoms with Gasteiger partial charge in [0.25, 0.3) is 0 Å². The minimum Gasteiger partial charge on any atom is -0.0836 e. The average Bonchev–Trinajstić information content (AvgIpc) is 2.33. The SMILES string of the molecule is CC(C)C(Br)c1ccc2c(c1)C(C)(C)CCC2(C)C. The van der Waals surface area contributed by atoms with Crippen LogP contribution in [-0.2, 0) is 10.8 Å².